The van der Waals surface area contributed by atoms with Gasteiger partial charge in [0.1, 0.15) is 11.6 Å². The number of benzene rings is 2. The number of thioether (sulfide) groups is 1. The number of para-hydroxylation sites is 2. The molecule has 5 nitrogen and oxygen atoms in total. The van der Waals surface area contributed by atoms with Crippen molar-refractivity contribution in [1.82, 2.24) is 0 Å². The first-order chi connectivity index (χ1) is 12.0. The molecule has 7 heteroatoms. The predicted octanol–water partition coefficient (Wildman–Crippen LogP) is 3.53. The fourth-order valence-corrected chi connectivity index (χ4v) is 2.67. The van der Waals surface area contributed by atoms with Crippen LogP contribution in [0.1, 0.15) is 6.92 Å². The van der Waals surface area contributed by atoms with Gasteiger partial charge < -0.3 is 15.4 Å². The Labute approximate surface area is 150 Å². The van der Waals surface area contributed by atoms with E-state index in [1.165, 1.54) is 43.1 Å². The van der Waals surface area contributed by atoms with Crippen LogP contribution in [0.15, 0.2) is 48.5 Å². The van der Waals surface area contributed by atoms with Gasteiger partial charge in [-0.05, 0) is 43.3 Å². The van der Waals surface area contributed by atoms with Gasteiger partial charge in [-0.15, -0.1) is 11.8 Å². The summed E-state index contributed by atoms with van der Waals surface area (Å²) < 4.78 is 18.0. The normalized spacial score (nSPS) is 11.5. The molecule has 0 heterocycles. The Morgan fingerprint density at radius 1 is 1.12 bits per heavy atom. The molecule has 0 aliphatic rings. The van der Waals surface area contributed by atoms with Gasteiger partial charge in [-0.25, -0.2) is 4.39 Å². The Morgan fingerprint density at radius 2 is 1.80 bits per heavy atom. The van der Waals surface area contributed by atoms with E-state index in [-0.39, 0.29) is 23.4 Å². The van der Waals surface area contributed by atoms with Gasteiger partial charge in [-0.2, -0.15) is 0 Å². The molecule has 0 spiro atoms. The molecule has 0 bridgehead atoms. The van der Waals surface area contributed by atoms with Crippen molar-refractivity contribution in [2.75, 3.05) is 23.5 Å². The lowest BCUT2D eigenvalue weighted by Gasteiger charge is -2.13. The van der Waals surface area contributed by atoms with E-state index >= 15 is 0 Å². The Balaban J connectivity index is 1.82. The number of methoxy groups -OCH3 is 1. The first-order valence-electron chi connectivity index (χ1n) is 7.60. The number of ether oxygens (including phenoxy) is 1. The third kappa shape index (κ3) is 5.79. The van der Waals surface area contributed by atoms with E-state index < -0.39 is 5.25 Å². The minimum Gasteiger partial charge on any atom is -0.495 e. The summed E-state index contributed by atoms with van der Waals surface area (Å²) in [6, 6.07) is 12.6. The second kappa shape index (κ2) is 9.08. The quantitative estimate of drug-likeness (QED) is 0.791. The highest BCUT2D eigenvalue weighted by Gasteiger charge is 2.16. The molecular formula is C18H19FN2O3S. The van der Waals surface area contributed by atoms with Crippen molar-refractivity contribution in [3.05, 3.63) is 54.3 Å². The number of carbonyl (C=O) groups excluding carboxylic acids is 2. The summed E-state index contributed by atoms with van der Waals surface area (Å²) in [6.07, 6.45) is 0. The number of hydrogen-bond donors (Lipinski definition) is 2. The van der Waals surface area contributed by atoms with Crippen LogP contribution in [0.25, 0.3) is 0 Å². The molecule has 2 aromatic rings. The van der Waals surface area contributed by atoms with Crippen LogP contribution in [-0.2, 0) is 9.59 Å². The molecule has 2 aromatic carbocycles. The molecule has 0 fully saturated rings. The summed E-state index contributed by atoms with van der Waals surface area (Å²) in [5.74, 6) is -0.148. The summed E-state index contributed by atoms with van der Waals surface area (Å²) in [5.41, 5.74) is 1.09. The van der Waals surface area contributed by atoms with Crippen LogP contribution in [0.5, 0.6) is 5.75 Å². The van der Waals surface area contributed by atoms with Crippen LogP contribution in [0.4, 0.5) is 15.8 Å². The van der Waals surface area contributed by atoms with Crippen molar-refractivity contribution < 1.29 is 18.7 Å². The standard InChI is InChI=1S/C18H19FN2O3S/c1-12(18(23)20-14-9-7-13(19)8-10-14)25-11-17(22)21-15-5-3-4-6-16(15)24-2/h3-10,12H,11H2,1-2H3,(H,20,23)(H,21,22). The number of rotatable bonds is 7. The maximum Gasteiger partial charge on any atom is 0.237 e. The van der Waals surface area contributed by atoms with Crippen LogP contribution in [0.3, 0.4) is 0 Å². The van der Waals surface area contributed by atoms with Gasteiger partial charge in [-0.3, -0.25) is 9.59 Å². The lowest BCUT2D eigenvalue weighted by Crippen LogP contribution is -2.25. The van der Waals surface area contributed by atoms with E-state index in [9.17, 15) is 14.0 Å². The van der Waals surface area contributed by atoms with Gasteiger partial charge in [0, 0.05) is 5.69 Å². The van der Waals surface area contributed by atoms with E-state index in [2.05, 4.69) is 10.6 Å². The molecule has 2 amide bonds. The van der Waals surface area contributed by atoms with Crippen LogP contribution in [0.2, 0.25) is 0 Å². The van der Waals surface area contributed by atoms with Crippen molar-refractivity contribution in [3.63, 3.8) is 0 Å². The topological polar surface area (TPSA) is 67.4 Å². The predicted molar refractivity (Wildman–Crippen MR) is 98.6 cm³/mol. The second-order valence-electron chi connectivity index (χ2n) is 5.20. The monoisotopic (exact) mass is 362 g/mol. The molecule has 0 saturated heterocycles. The third-order valence-corrected chi connectivity index (χ3v) is 4.47. The number of halogens is 1. The Kier molecular flexibility index (Phi) is 6.82. The molecule has 0 aliphatic heterocycles. The van der Waals surface area contributed by atoms with Gasteiger partial charge in [-0.1, -0.05) is 12.1 Å². The molecule has 1 unspecified atom stereocenters. The van der Waals surface area contributed by atoms with Gasteiger partial charge >= 0.3 is 0 Å². The molecule has 2 rings (SSSR count). The average molecular weight is 362 g/mol. The molecule has 132 valence electrons. The SMILES string of the molecule is COc1ccccc1NC(=O)CSC(C)C(=O)Nc1ccc(F)cc1. The first kappa shape index (κ1) is 18.8. The molecule has 1 atom stereocenters. The van der Waals surface area contributed by atoms with Gasteiger partial charge in [0.05, 0.1) is 23.8 Å². The largest absolute Gasteiger partial charge is 0.495 e. The Bertz CT molecular complexity index is 737. The summed E-state index contributed by atoms with van der Waals surface area (Å²) in [6.45, 7) is 1.71. The fraction of sp³-hybridized carbons (Fsp3) is 0.222. The Hall–Kier alpha value is -2.54. The number of nitrogens with one attached hydrogen (secondary N) is 2. The maximum absolute atomic E-state index is 12.9. The highest BCUT2D eigenvalue weighted by atomic mass is 32.2. The Morgan fingerprint density at radius 3 is 2.48 bits per heavy atom. The number of hydrogen-bond acceptors (Lipinski definition) is 4. The molecule has 0 saturated carbocycles. The average Bonchev–Trinajstić information content (AvgIpc) is 2.62. The summed E-state index contributed by atoms with van der Waals surface area (Å²) in [5, 5.41) is 5.00. The zero-order valence-electron chi connectivity index (χ0n) is 13.9. The molecule has 0 aliphatic carbocycles. The van der Waals surface area contributed by atoms with E-state index in [1.807, 2.05) is 6.07 Å². The summed E-state index contributed by atoms with van der Waals surface area (Å²) >= 11 is 1.21. The van der Waals surface area contributed by atoms with E-state index in [1.54, 1.807) is 25.1 Å². The van der Waals surface area contributed by atoms with Gasteiger partial charge in [0.15, 0.2) is 0 Å². The fourth-order valence-electron chi connectivity index (χ4n) is 1.99. The number of carbonyl (C=O) groups is 2. The second-order valence-corrected chi connectivity index (χ2v) is 6.53. The van der Waals surface area contributed by atoms with Gasteiger partial charge in [0.25, 0.3) is 0 Å². The lowest BCUT2D eigenvalue weighted by atomic mass is 10.3. The summed E-state index contributed by atoms with van der Waals surface area (Å²) in [4.78, 5) is 24.1. The zero-order valence-corrected chi connectivity index (χ0v) is 14.7. The van der Waals surface area contributed by atoms with Crippen LogP contribution < -0.4 is 15.4 Å². The van der Waals surface area contributed by atoms with E-state index in [0.717, 1.165) is 0 Å². The van der Waals surface area contributed by atoms with Crippen LogP contribution >= 0.6 is 11.8 Å². The molecule has 0 aromatic heterocycles. The minimum absolute atomic E-state index is 0.121. The minimum atomic E-state index is -0.437. The van der Waals surface area contributed by atoms with Crippen molar-refractivity contribution >= 4 is 35.0 Å². The third-order valence-electron chi connectivity index (χ3n) is 3.33. The molecule has 2 N–H and O–H groups in total. The first-order valence-corrected chi connectivity index (χ1v) is 8.65. The van der Waals surface area contributed by atoms with Crippen molar-refractivity contribution in [1.29, 1.82) is 0 Å². The molecule has 0 radical (unpaired) electrons. The number of anilines is 2. The highest BCUT2D eigenvalue weighted by molar-refractivity contribution is 8.01. The van der Waals surface area contributed by atoms with E-state index in [4.69, 9.17) is 4.74 Å². The lowest BCUT2D eigenvalue weighted by molar-refractivity contribution is -0.115. The highest BCUT2D eigenvalue weighted by Crippen LogP contribution is 2.23. The molecule has 25 heavy (non-hydrogen) atoms. The zero-order chi connectivity index (χ0) is 18.2. The molecular weight excluding hydrogens is 343 g/mol. The van der Waals surface area contributed by atoms with Crippen LogP contribution in [-0.4, -0.2) is 29.9 Å². The maximum atomic E-state index is 12.9. The summed E-state index contributed by atoms with van der Waals surface area (Å²) in [7, 11) is 1.53. The van der Waals surface area contributed by atoms with Crippen LogP contribution in [0, 0.1) is 5.82 Å². The number of amides is 2. The van der Waals surface area contributed by atoms with Crippen molar-refractivity contribution in [2.45, 2.75) is 12.2 Å². The van der Waals surface area contributed by atoms with Crippen molar-refractivity contribution in [2.24, 2.45) is 0 Å². The van der Waals surface area contributed by atoms with E-state index in [0.29, 0.717) is 17.1 Å². The smallest absolute Gasteiger partial charge is 0.237 e. The van der Waals surface area contributed by atoms with Gasteiger partial charge in [0.2, 0.25) is 11.8 Å². The van der Waals surface area contributed by atoms with Crippen molar-refractivity contribution in [3.8, 4) is 5.75 Å².